The van der Waals surface area contributed by atoms with Crippen LogP contribution in [-0.4, -0.2) is 22.2 Å². The number of carbonyl (C=O) groups excluding carboxylic acids is 1. The van der Waals surface area contributed by atoms with Gasteiger partial charge in [0.1, 0.15) is 0 Å². The summed E-state index contributed by atoms with van der Waals surface area (Å²) in [6, 6.07) is 5.87. The minimum atomic E-state index is -0.867. The van der Waals surface area contributed by atoms with Crippen LogP contribution in [0.15, 0.2) is 23.1 Å². The van der Waals surface area contributed by atoms with E-state index < -0.39 is 5.97 Å². The number of anilines is 1. The van der Waals surface area contributed by atoms with Gasteiger partial charge >= 0.3 is 5.97 Å². The lowest BCUT2D eigenvalue weighted by Gasteiger charge is -2.23. The summed E-state index contributed by atoms with van der Waals surface area (Å²) in [5.41, 5.74) is 1.92. The Morgan fingerprint density at radius 2 is 2.29 bits per heavy atom. The fraction of sp³-hybridized carbons (Fsp3) is 0.333. The standard InChI is InChI=1S/C12H13NO3S/c1-7-2-3-9-8(6-7)13-12(16)10(17-9)4-5-11(14)15/h2-3,6,10H,4-5H2,1H3,(H,13,16)(H,14,15). The van der Waals surface area contributed by atoms with Crippen molar-refractivity contribution in [2.24, 2.45) is 0 Å². The van der Waals surface area contributed by atoms with Gasteiger partial charge in [-0.25, -0.2) is 0 Å². The van der Waals surface area contributed by atoms with Gasteiger partial charge in [0.2, 0.25) is 5.91 Å². The number of amides is 1. The maximum absolute atomic E-state index is 11.8. The molecule has 0 radical (unpaired) electrons. The van der Waals surface area contributed by atoms with Crippen LogP contribution in [0.2, 0.25) is 0 Å². The van der Waals surface area contributed by atoms with Gasteiger partial charge < -0.3 is 10.4 Å². The largest absolute Gasteiger partial charge is 0.481 e. The Kier molecular flexibility index (Phi) is 3.38. The fourth-order valence-corrected chi connectivity index (χ4v) is 2.80. The van der Waals surface area contributed by atoms with Crippen LogP contribution in [0.3, 0.4) is 0 Å². The third-order valence-electron chi connectivity index (χ3n) is 2.57. The molecule has 0 fully saturated rings. The number of nitrogens with one attached hydrogen (secondary N) is 1. The molecule has 0 saturated heterocycles. The molecule has 1 aromatic carbocycles. The molecule has 1 aliphatic heterocycles. The van der Waals surface area contributed by atoms with Crippen molar-refractivity contribution in [1.82, 2.24) is 0 Å². The molecular formula is C12H13NO3S. The second-order valence-corrected chi connectivity index (χ2v) is 5.27. The van der Waals surface area contributed by atoms with Crippen molar-refractivity contribution in [2.75, 3.05) is 5.32 Å². The van der Waals surface area contributed by atoms with E-state index >= 15 is 0 Å². The molecular weight excluding hydrogens is 238 g/mol. The van der Waals surface area contributed by atoms with Gasteiger partial charge in [0.25, 0.3) is 0 Å². The van der Waals surface area contributed by atoms with Crippen LogP contribution in [0, 0.1) is 6.92 Å². The number of hydrogen-bond acceptors (Lipinski definition) is 3. The van der Waals surface area contributed by atoms with Gasteiger partial charge in [-0.2, -0.15) is 0 Å². The Morgan fingerprint density at radius 3 is 3.00 bits per heavy atom. The molecule has 0 aliphatic carbocycles. The zero-order valence-corrected chi connectivity index (χ0v) is 10.2. The number of rotatable bonds is 3. The predicted octanol–water partition coefficient (Wildman–Crippen LogP) is 2.27. The highest BCUT2D eigenvalue weighted by Gasteiger charge is 2.27. The number of aliphatic carboxylic acids is 1. The summed E-state index contributed by atoms with van der Waals surface area (Å²) in [4.78, 5) is 23.3. The summed E-state index contributed by atoms with van der Waals surface area (Å²) in [7, 11) is 0. The molecule has 5 heteroatoms. The van der Waals surface area contributed by atoms with Crippen molar-refractivity contribution < 1.29 is 14.7 Å². The molecule has 1 heterocycles. The van der Waals surface area contributed by atoms with E-state index in [0.29, 0.717) is 6.42 Å². The minimum absolute atomic E-state index is 0.0201. The molecule has 4 nitrogen and oxygen atoms in total. The Hall–Kier alpha value is -1.49. The van der Waals surface area contributed by atoms with E-state index in [-0.39, 0.29) is 17.6 Å². The summed E-state index contributed by atoms with van der Waals surface area (Å²) in [6.07, 6.45) is 0.380. The normalized spacial score (nSPS) is 18.4. The topological polar surface area (TPSA) is 66.4 Å². The third kappa shape index (κ3) is 2.79. The van der Waals surface area contributed by atoms with Gasteiger partial charge in [-0.1, -0.05) is 6.07 Å². The maximum Gasteiger partial charge on any atom is 0.303 e. The summed E-state index contributed by atoms with van der Waals surface area (Å²) < 4.78 is 0. The molecule has 1 aromatic rings. The van der Waals surface area contributed by atoms with Crippen LogP contribution in [0.5, 0.6) is 0 Å². The third-order valence-corrected chi connectivity index (χ3v) is 3.92. The van der Waals surface area contributed by atoms with E-state index in [4.69, 9.17) is 5.11 Å². The molecule has 90 valence electrons. The average molecular weight is 251 g/mol. The number of aryl methyl sites for hydroxylation is 1. The van der Waals surface area contributed by atoms with E-state index in [2.05, 4.69) is 5.32 Å². The zero-order chi connectivity index (χ0) is 12.4. The zero-order valence-electron chi connectivity index (χ0n) is 9.40. The summed E-state index contributed by atoms with van der Waals surface area (Å²) in [5.74, 6) is -0.970. The van der Waals surface area contributed by atoms with E-state index in [1.165, 1.54) is 11.8 Å². The molecule has 0 saturated carbocycles. The highest BCUT2D eigenvalue weighted by atomic mass is 32.2. The van der Waals surface area contributed by atoms with Crippen LogP contribution in [0.1, 0.15) is 18.4 Å². The van der Waals surface area contributed by atoms with Crippen LogP contribution in [0.4, 0.5) is 5.69 Å². The second-order valence-electron chi connectivity index (χ2n) is 4.03. The smallest absolute Gasteiger partial charge is 0.303 e. The molecule has 0 spiro atoms. The monoisotopic (exact) mass is 251 g/mol. The first-order valence-electron chi connectivity index (χ1n) is 5.36. The van der Waals surface area contributed by atoms with Crippen molar-refractivity contribution in [1.29, 1.82) is 0 Å². The van der Waals surface area contributed by atoms with E-state index in [9.17, 15) is 9.59 Å². The molecule has 2 rings (SSSR count). The number of benzene rings is 1. The highest BCUT2D eigenvalue weighted by Crippen LogP contribution is 2.37. The summed E-state index contributed by atoms with van der Waals surface area (Å²) >= 11 is 1.44. The molecule has 1 atom stereocenters. The second kappa shape index (κ2) is 4.79. The predicted molar refractivity (Wildman–Crippen MR) is 66.3 cm³/mol. The van der Waals surface area contributed by atoms with Gasteiger partial charge in [0.05, 0.1) is 10.9 Å². The highest BCUT2D eigenvalue weighted by molar-refractivity contribution is 8.01. The molecule has 0 aromatic heterocycles. The lowest BCUT2D eigenvalue weighted by atomic mass is 10.2. The molecule has 2 N–H and O–H groups in total. The quantitative estimate of drug-likeness (QED) is 0.864. The van der Waals surface area contributed by atoms with Crippen LogP contribution < -0.4 is 5.32 Å². The van der Waals surface area contributed by atoms with Gasteiger partial charge in [-0.15, -0.1) is 11.8 Å². The van der Waals surface area contributed by atoms with E-state index in [0.717, 1.165) is 16.1 Å². The SMILES string of the molecule is Cc1ccc2c(c1)NC(=O)C(CCC(=O)O)S2. The minimum Gasteiger partial charge on any atom is -0.481 e. The van der Waals surface area contributed by atoms with Crippen LogP contribution in [-0.2, 0) is 9.59 Å². The number of carbonyl (C=O) groups is 2. The van der Waals surface area contributed by atoms with Crippen molar-refractivity contribution in [2.45, 2.75) is 29.9 Å². The number of fused-ring (bicyclic) bond motifs is 1. The average Bonchev–Trinajstić information content (AvgIpc) is 2.26. The van der Waals surface area contributed by atoms with E-state index in [1.54, 1.807) is 0 Å². The Labute approximate surface area is 103 Å². The Balaban J connectivity index is 2.13. The number of carboxylic acid groups (broad SMARTS) is 1. The van der Waals surface area contributed by atoms with Crippen LogP contribution >= 0.6 is 11.8 Å². The van der Waals surface area contributed by atoms with E-state index in [1.807, 2.05) is 25.1 Å². The van der Waals surface area contributed by atoms with Crippen molar-refractivity contribution in [3.05, 3.63) is 23.8 Å². The number of hydrogen-bond donors (Lipinski definition) is 2. The first-order chi connectivity index (χ1) is 8.06. The lowest BCUT2D eigenvalue weighted by molar-refractivity contribution is -0.137. The van der Waals surface area contributed by atoms with Gasteiger partial charge in [-0.3, -0.25) is 9.59 Å². The number of carboxylic acids is 1. The van der Waals surface area contributed by atoms with Gasteiger partial charge in [-0.05, 0) is 31.0 Å². The summed E-state index contributed by atoms with van der Waals surface area (Å²) in [6.45, 7) is 1.97. The lowest BCUT2D eigenvalue weighted by Crippen LogP contribution is -2.29. The Bertz CT molecular complexity index is 473. The van der Waals surface area contributed by atoms with Crippen molar-refractivity contribution in [3.63, 3.8) is 0 Å². The molecule has 17 heavy (non-hydrogen) atoms. The molecule has 1 aliphatic rings. The number of thioether (sulfide) groups is 1. The fourth-order valence-electron chi connectivity index (χ4n) is 1.71. The van der Waals surface area contributed by atoms with Crippen molar-refractivity contribution in [3.8, 4) is 0 Å². The maximum atomic E-state index is 11.8. The first kappa shape index (κ1) is 12.0. The summed E-state index contributed by atoms with van der Waals surface area (Å²) in [5, 5.41) is 11.1. The Morgan fingerprint density at radius 1 is 1.53 bits per heavy atom. The van der Waals surface area contributed by atoms with Crippen molar-refractivity contribution >= 4 is 29.3 Å². The van der Waals surface area contributed by atoms with Gasteiger partial charge in [0.15, 0.2) is 0 Å². The van der Waals surface area contributed by atoms with Crippen LogP contribution in [0.25, 0.3) is 0 Å². The first-order valence-corrected chi connectivity index (χ1v) is 6.24. The van der Waals surface area contributed by atoms with Gasteiger partial charge in [0, 0.05) is 11.3 Å². The molecule has 1 amide bonds. The molecule has 0 bridgehead atoms. The molecule has 1 unspecified atom stereocenters.